The topological polar surface area (TPSA) is 163 Å². The normalized spacial score (nSPS) is 49.8. The van der Waals surface area contributed by atoms with Gasteiger partial charge in [0.2, 0.25) is 0 Å². The molecule has 8 nitrogen and oxygen atoms in total. The highest BCUT2D eigenvalue weighted by molar-refractivity contribution is 4.98. The lowest BCUT2D eigenvalue weighted by atomic mass is 9.84. The van der Waals surface area contributed by atoms with Crippen molar-refractivity contribution in [3.8, 4) is 0 Å². The first-order valence-electron chi connectivity index (χ1n) is 8.58. The molecule has 2 aliphatic carbocycles. The van der Waals surface area contributed by atoms with Gasteiger partial charge >= 0.3 is 0 Å². The molecule has 23 heavy (non-hydrogen) atoms. The van der Waals surface area contributed by atoms with E-state index in [-0.39, 0.29) is 18.2 Å². The van der Waals surface area contributed by atoms with Crippen molar-refractivity contribution in [2.24, 2.45) is 28.9 Å². The molecule has 134 valence electrons. The van der Waals surface area contributed by atoms with Crippen molar-refractivity contribution in [1.82, 2.24) is 0 Å². The van der Waals surface area contributed by atoms with Gasteiger partial charge in [0, 0.05) is 18.1 Å². The molecule has 0 aromatic heterocycles. The van der Waals surface area contributed by atoms with Crippen LogP contribution in [0.5, 0.6) is 0 Å². The molecule has 1 heterocycles. The average molecular weight is 330 g/mol. The van der Waals surface area contributed by atoms with Gasteiger partial charge in [-0.05, 0) is 38.0 Å². The molecule has 0 radical (unpaired) electrons. The zero-order chi connectivity index (χ0) is 16.7. The van der Waals surface area contributed by atoms with E-state index >= 15 is 0 Å². The maximum atomic E-state index is 10.2. The van der Waals surface area contributed by atoms with Crippen LogP contribution < -0.4 is 22.9 Å². The van der Waals surface area contributed by atoms with Crippen LogP contribution in [0.1, 0.15) is 32.1 Å². The van der Waals surface area contributed by atoms with E-state index in [0.29, 0.717) is 12.3 Å². The Morgan fingerprint density at radius 3 is 2.26 bits per heavy atom. The van der Waals surface area contributed by atoms with E-state index in [1.807, 2.05) is 0 Å². The molecule has 1 saturated heterocycles. The third-order valence-electron chi connectivity index (χ3n) is 5.42. The smallest absolute Gasteiger partial charge is 0.173 e. The molecule has 1 aliphatic heterocycles. The van der Waals surface area contributed by atoms with Crippen LogP contribution in [0.25, 0.3) is 0 Å². The minimum atomic E-state index is -1.15. The summed E-state index contributed by atoms with van der Waals surface area (Å²) in [6.07, 6.45) is 0.492. The Hall–Kier alpha value is -0.320. The first-order valence-corrected chi connectivity index (χ1v) is 8.58. The molecule has 3 rings (SSSR count). The number of ether oxygens (including phenoxy) is 2. The molecule has 0 spiro atoms. The van der Waals surface area contributed by atoms with Crippen LogP contribution >= 0.6 is 0 Å². The van der Waals surface area contributed by atoms with Crippen molar-refractivity contribution in [3.05, 3.63) is 0 Å². The predicted octanol–water partition coefficient (Wildman–Crippen LogP) is -2.28. The minimum Gasteiger partial charge on any atom is -0.389 e. The quantitative estimate of drug-likeness (QED) is 0.336. The minimum absolute atomic E-state index is 0.00225. The molecule has 2 saturated carbocycles. The van der Waals surface area contributed by atoms with Crippen molar-refractivity contribution in [1.29, 1.82) is 0 Å². The zero-order valence-corrected chi connectivity index (χ0v) is 13.3. The van der Waals surface area contributed by atoms with Crippen molar-refractivity contribution in [2.45, 2.75) is 87.0 Å². The molecule has 0 bridgehead atoms. The van der Waals surface area contributed by atoms with Crippen LogP contribution in [0, 0.1) is 5.92 Å². The molecule has 3 aliphatic rings. The van der Waals surface area contributed by atoms with Gasteiger partial charge in [0.25, 0.3) is 0 Å². The highest BCUT2D eigenvalue weighted by Crippen LogP contribution is 2.36. The van der Waals surface area contributed by atoms with Gasteiger partial charge in [0.05, 0.1) is 18.2 Å². The number of hydrogen-bond acceptors (Lipinski definition) is 8. The van der Waals surface area contributed by atoms with Crippen molar-refractivity contribution in [2.75, 3.05) is 0 Å². The lowest BCUT2D eigenvalue weighted by Gasteiger charge is -2.44. The Labute approximate surface area is 136 Å². The summed E-state index contributed by atoms with van der Waals surface area (Å²) in [6.45, 7) is 0. The van der Waals surface area contributed by atoms with Crippen molar-refractivity contribution in [3.63, 3.8) is 0 Å². The van der Waals surface area contributed by atoms with Crippen LogP contribution in [0.15, 0.2) is 0 Å². The lowest BCUT2D eigenvalue weighted by Crippen LogP contribution is -2.64. The van der Waals surface area contributed by atoms with Crippen molar-refractivity contribution >= 4 is 0 Å². The first kappa shape index (κ1) is 17.5. The average Bonchev–Trinajstić information content (AvgIpc) is 3.35. The first-order chi connectivity index (χ1) is 10.9. The summed E-state index contributed by atoms with van der Waals surface area (Å²) >= 11 is 0. The van der Waals surface area contributed by atoms with E-state index in [9.17, 15) is 10.2 Å². The zero-order valence-electron chi connectivity index (χ0n) is 13.3. The van der Waals surface area contributed by atoms with Crippen LogP contribution in [0.4, 0.5) is 0 Å². The molecule has 0 aromatic rings. The van der Waals surface area contributed by atoms with Gasteiger partial charge in [-0.1, -0.05) is 0 Å². The van der Waals surface area contributed by atoms with Gasteiger partial charge in [-0.25, -0.2) is 0 Å². The summed E-state index contributed by atoms with van der Waals surface area (Å²) in [6, 6.07) is -1.34. The molecule has 8 heteroatoms. The summed E-state index contributed by atoms with van der Waals surface area (Å²) in [5.74, 6) is 0.525. The van der Waals surface area contributed by atoms with Gasteiger partial charge in [-0.3, -0.25) is 0 Å². The Kier molecular flexibility index (Phi) is 5.24. The predicted molar refractivity (Wildman–Crippen MR) is 84.0 cm³/mol. The second-order valence-electron chi connectivity index (χ2n) is 7.34. The third-order valence-corrected chi connectivity index (χ3v) is 5.42. The Morgan fingerprint density at radius 1 is 0.913 bits per heavy atom. The Bertz CT molecular complexity index is 411. The molecule has 10 N–H and O–H groups in total. The second kappa shape index (κ2) is 6.89. The highest BCUT2D eigenvalue weighted by atomic mass is 16.7. The molecular weight excluding hydrogens is 300 g/mol. The van der Waals surface area contributed by atoms with Crippen molar-refractivity contribution < 1.29 is 19.7 Å². The number of rotatable bonds is 4. The largest absolute Gasteiger partial charge is 0.389 e. The number of aliphatic hydroxyl groups is 2. The summed E-state index contributed by atoms with van der Waals surface area (Å²) in [4.78, 5) is 0. The Balaban J connectivity index is 1.62. The number of nitrogens with two attached hydrogens (primary N) is 4. The SMILES string of the molecule is N[C@@H](C1CC1)C1CC[C@H](N)[C@@H](O[C@H]2[C@H](O)[C@@H](O)[C@H](N)C[C@@H]2N)O1. The second-order valence-corrected chi connectivity index (χ2v) is 7.34. The van der Waals surface area contributed by atoms with Gasteiger partial charge in [0.1, 0.15) is 12.2 Å². The van der Waals surface area contributed by atoms with E-state index < -0.39 is 36.7 Å². The van der Waals surface area contributed by atoms with Crippen LogP contribution in [-0.2, 0) is 9.47 Å². The summed E-state index contributed by atoms with van der Waals surface area (Å²) in [5.41, 5.74) is 24.1. The molecule has 0 amide bonds. The van der Waals surface area contributed by atoms with E-state index in [1.54, 1.807) is 0 Å². The third kappa shape index (κ3) is 3.69. The molecule has 0 aromatic carbocycles. The van der Waals surface area contributed by atoms with E-state index in [4.69, 9.17) is 32.4 Å². The van der Waals surface area contributed by atoms with Crippen LogP contribution in [0.2, 0.25) is 0 Å². The van der Waals surface area contributed by atoms with Crippen LogP contribution in [0.3, 0.4) is 0 Å². The number of aliphatic hydroxyl groups excluding tert-OH is 2. The summed E-state index contributed by atoms with van der Waals surface area (Å²) < 4.78 is 11.8. The van der Waals surface area contributed by atoms with Gasteiger partial charge in [0.15, 0.2) is 6.29 Å². The Morgan fingerprint density at radius 2 is 1.61 bits per heavy atom. The van der Waals surface area contributed by atoms with E-state index in [1.165, 1.54) is 0 Å². The van der Waals surface area contributed by atoms with Gasteiger partial charge in [-0.2, -0.15) is 0 Å². The number of hydrogen-bond donors (Lipinski definition) is 6. The highest BCUT2D eigenvalue weighted by Gasteiger charge is 2.45. The fraction of sp³-hybridized carbons (Fsp3) is 1.00. The van der Waals surface area contributed by atoms with Crippen LogP contribution in [-0.4, -0.2) is 65.1 Å². The van der Waals surface area contributed by atoms with Gasteiger partial charge < -0.3 is 42.6 Å². The fourth-order valence-corrected chi connectivity index (χ4v) is 3.66. The lowest BCUT2D eigenvalue weighted by molar-refractivity contribution is -0.256. The fourth-order valence-electron chi connectivity index (χ4n) is 3.66. The molecule has 1 unspecified atom stereocenters. The van der Waals surface area contributed by atoms with E-state index in [2.05, 4.69) is 0 Å². The monoisotopic (exact) mass is 330 g/mol. The molecule has 3 fully saturated rings. The van der Waals surface area contributed by atoms with E-state index in [0.717, 1.165) is 25.7 Å². The standard InChI is InChI=1S/C15H30N4O4/c16-7-3-4-10(11(19)6-1-2-6)22-15(7)23-14-9(18)5-8(17)12(20)13(14)21/h6-15,20-21H,1-5,16-19H2/t7-,8+,9-,10?,11-,12-,13+,14+,15+/m0/s1. The summed E-state index contributed by atoms with van der Waals surface area (Å²) in [7, 11) is 0. The van der Waals surface area contributed by atoms with Gasteiger partial charge in [-0.15, -0.1) is 0 Å². The summed E-state index contributed by atoms with van der Waals surface area (Å²) in [5, 5.41) is 20.2. The maximum Gasteiger partial charge on any atom is 0.173 e. The molecule has 9 atom stereocenters. The molecular formula is C15H30N4O4. The maximum absolute atomic E-state index is 10.2.